The van der Waals surface area contributed by atoms with Crippen LogP contribution in [0.15, 0.2) is 45.6 Å². The second kappa shape index (κ2) is 7.65. The molecule has 0 aliphatic carbocycles. The van der Waals surface area contributed by atoms with Gasteiger partial charge in [0.15, 0.2) is 23.2 Å². The number of aliphatic hydroxyl groups is 1. The lowest BCUT2D eigenvalue weighted by Crippen LogP contribution is -2.33. The van der Waals surface area contributed by atoms with Crippen LogP contribution in [-0.4, -0.2) is 39.4 Å². The molecule has 0 spiro atoms. The van der Waals surface area contributed by atoms with E-state index in [2.05, 4.69) is 0 Å². The Labute approximate surface area is 165 Å². The molecular weight excluding hydrogens is 380 g/mol. The molecule has 2 atom stereocenters. The van der Waals surface area contributed by atoms with Crippen molar-refractivity contribution < 1.29 is 34.3 Å². The third-order valence-corrected chi connectivity index (χ3v) is 4.86. The summed E-state index contributed by atoms with van der Waals surface area (Å²) in [5.41, 5.74) is 0.0431. The summed E-state index contributed by atoms with van der Waals surface area (Å²) in [6.45, 7) is -0.139. The summed E-state index contributed by atoms with van der Waals surface area (Å²) in [6, 6.07) is 8.61. The van der Waals surface area contributed by atoms with Gasteiger partial charge in [-0.15, -0.1) is 0 Å². The summed E-state index contributed by atoms with van der Waals surface area (Å²) in [7, 11) is 0. The molecule has 3 aromatic rings. The van der Waals surface area contributed by atoms with E-state index >= 15 is 0 Å². The highest BCUT2D eigenvalue weighted by molar-refractivity contribution is 5.89. The van der Waals surface area contributed by atoms with Gasteiger partial charge in [-0.1, -0.05) is 0 Å². The van der Waals surface area contributed by atoms with Crippen LogP contribution in [-0.2, 0) is 4.74 Å². The fraction of sp³-hybridized carbons (Fsp3) is 0.286. The smallest absolute Gasteiger partial charge is 0.201 e. The summed E-state index contributed by atoms with van der Waals surface area (Å²) in [6.07, 6.45) is 0.957. The van der Waals surface area contributed by atoms with Gasteiger partial charge in [0.1, 0.15) is 22.5 Å². The Morgan fingerprint density at radius 1 is 1.03 bits per heavy atom. The van der Waals surface area contributed by atoms with Crippen molar-refractivity contribution in [2.24, 2.45) is 0 Å². The van der Waals surface area contributed by atoms with Crippen LogP contribution in [0.2, 0.25) is 0 Å². The van der Waals surface area contributed by atoms with Crippen molar-refractivity contribution in [3.05, 3.63) is 46.6 Å². The molecule has 1 saturated heterocycles. The summed E-state index contributed by atoms with van der Waals surface area (Å²) < 4.78 is 17.0. The Hall–Kier alpha value is -3.23. The average molecular weight is 400 g/mol. The van der Waals surface area contributed by atoms with E-state index in [4.69, 9.17) is 13.9 Å². The predicted octanol–water partition coefficient (Wildman–Crippen LogP) is 2.84. The van der Waals surface area contributed by atoms with Crippen molar-refractivity contribution in [1.82, 2.24) is 0 Å². The molecule has 1 aliphatic heterocycles. The van der Waals surface area contributed by atoms with Crippen LogP contribution in [0.1, 0.15) is 19.3 Å². The second-order valence-electron chi connectivity index (χ2n) is 6.89. The first-order valence-electron chi connectivity index (χ1n) is 9.21. The first-order valence-corrected chi connectivity index (χ1v) is 9.21. The van der Waals surface area contributed by atoms with Crippen LogP contribution in [0.5, 0.6) is 23.0 Å². The SMILES string of the molecule is O=c1cc(-c2ccc(O)cc2)oc2cc(OC3CCCC(CO)O3)c(O)c(O)c12. The topological polar surface area (TPSA) is 130 Å². The van der Waals surface area contributed by atoms with Gasteiger partial charge < -0.3 is 34.3 Å². The van der Waals surface area contributed by atoms with E-state index in [1.54, 1.807) is 12.1 Å². The normalized spacial score (nSPS) is 19.3. The number of fused-ring (bicyclic) bond motifs is 1. The van der Waals surface area contributed by atoms with Crippen LogP contribution < -0.4 is 10.2 Å². The lowest BCUT2D eigenvalue weighted by Gasteiger charge is -2.29. The molecular formula is C21H20O8. The van der Waals surface area contributed by atoms with Crippen molar-refractivity contribution in [3.8, 4) is 34.3 Å². The molecule has 0 amide bonds. The number of phenols is 3. The zero-order valence-corrected chi connectivity index (χ0v) is 15.4. The van der Waals surface area contributed by atoms with E-state index < -0.39 is 23.2 Å². The predicted molar refractivity (Wildman–Crippen MR) is 103 cm³/mol. The molecule has 4 rings (SSSR count). The first kappa shape index (κ1) is 19.1. The van der Waals surface area contributed by atoms with Crippen LogP contribution in [0, 0.1) is 0 Å². The zero-order valence-electron chi connectivity index (χ0n) is 15.4. The van der Waals surface area contributed by atoms with Gasteiger partial charge in [-0.2, -0.15) is 0 Å². The van der Waals surface area contributed by atoms with Crippen LogP contribution in [0.3, 0.4) is 0 Å². The summed E-state index contributed by atoms with van der Waals surface area (Å²) >= 11 is 0. The van der Waals surface area contributed by atoms with E-state index in [1.807, 2.05) is 0 Å². The van der Waals surface area contributed by atoms with Gasteiger partial charge >= 0.3 is 0 Å². The lowest BCUT2D eigenvalue weighted by atomic mass is 10.1. The molecule has 2 unspecified atom stereocenters. The molecule has 0 saturated carbocycles. The molecule has 1 fully saturated rings. The van der Waals surface area contributed by atoms with Crippen molar-refractivity contribution in [2.75, 3.05) is 6.61 Å². The molecule has 1 aliphatic rings. The molecule has 152 valence electrons. The van der Waals surface area contributed by atoms with E-state index in [1.165, 1.54) is 24.3 Å². The number of aromatic hydroxyl groups is 3. The van der Waals surface area contributed by atoms with Crippen molar-refractivity contribution in [1.29, 1.82) is 0 Å². The Bertz CT molecular complexity index is 1090. The number of benzene rings is 2. The number of aliphatic hydroxyl groups excluding tert-OH is 1. The van der Waals surface area contributed by atoms with Crippen LogP contribution in [0.4, 0.5) is 0 Å². The van der Waals surface area contributed by atoms with Gasteiger partial charge in [0.2, 0.25) is 5.75 Å². The Balaban J connectivity index is 1.75. The Morgan fingerprint density at radius 2 is 1.79 bits per heavy atom. The van der Waals surface area contributed by atoms with Crippen LogP contribution >= 0.6 is 0 Å². The standard InChI is InChI=1S/C21H20O8/c22-10-13-2-1-3-18(27-13)29-17-9-16-19(21(26)20(17)25)14(24)8-15(28-16)11-4-6-12(23)7-5-11/h4-9,13,18,22-23,25-26H,1-3,10H2. The molecule has 29 heavy (non-hydrogen) atoms. The molecule has 0 bridgehead atoms. The Kier molecular flexibility index (Phi) is 5.04. The number of phenolic OH excluding ortho intramolecular Hbond substituents is 3. The van der Waals surface area contributed by atoms with E-state index in [0.717, 1.165) is 6.42 Å². The van der Waals surface area contributed by atoms with Gasteiger partial charge in [-0.25, -0.2) is 0 Å². The molecule has 2 heterocycles. The molecule has 2 aromatic carbocycles. The Morgan fingerprint density at radius 3 is 2.52 bits per heavy atom. The van der Waals surface area contributed by atoms with E-state index in [9.17, 15) is 25.2 Å². The van der Waals surface area contributed by atoms with Crippen molar-refractivity contribution >= 4 is 11.0 Å². The number of rotatable bonds is 4. The van der Waals surface area contributed by atoms with Gasteiger partial charge in [0.05, 0.1) is 12.7 Å². The molecule has 4 N–H and O–H groups in total. The first-order chi connectivity index (χ1) is 14.0. The highest BCUT2D eigenvalue weighted by Gasteiger charge is 2.26. The van der Waals surface area contributed by atoms with Gasteiger partial charge in [0, 0.05) is 24.1 Å². The highest BCUT2D eigenvalue weighted by Crippen LogP contribution is 2.42. The third kappa shape index (κ3) is 3.72. The summed E-state index contributed by atoms with van der Waals surface area (Å²) in [4.78, 5) is 12.5. The second-order valence-corrected chi connectivity index (χ2v) is 6.89. The van der Waals surface area contributed by atoms with E-state index in [0.29, 0.717) is 18.4 Å². The van der Waals surface area contributed by atoms with Gasteiger partial charge in [-0.3, -0.25) is 4.79 Å². The minimum Gasteiger partial charge on any atom is -0.508 e. The monoisotopic (exact) mass is 400 g/mol. The third-order valence-electron chi connectivity index (χ3n) is 4.86. The lowest BCUT2D eigenvalue weighted by molar-refractivity contribution is -0.158. The number of hydrogen-bond acceptors (Lipinski definition) is 8. The van der Waals surface area contributed by atoms with Gasteiger partial charge in [-0.05, 0) is 37.1 Å². The highest BCUT2D eigenvalue weighted by atomic mass is 16.7. The fourth-order valence-corrected chi connectivity index (χ4v) is 3.35. The zero-order chi connectivity index (χ0) is 20.5. The van der Waals surface area contributed by atoms with Gasteiger partial charge in [0.25, 0.3) is 0 Å². The summed E-state index contributed by atoms with van der Waals surface area (Å²) in [5, 5.41) is 39.2. The van der Waals surface area contributed by atoms with Crippen LogP contribution in [0.25, 0.3) is 22.3 Å². The summed E-state index contributed by atoms with van der Waals surface area (Å²) in [5.74, 6) is -1.02. The fourth-order valence-electron chi connectivity index (χ4n) is 3.35. The maximum Gasteiger partial charge on any atom is 0.201 e. The maximum atomic E-state index is 12.5. The van der Waals surface area contributed by atoms with E-state index in [-0.39, 0.29) is 40.9 Å². The molecule has 8 heteroatoms. The largest absolute Gasteiger partial charge is 0.508 e. The molecule has 1 aromatic heterocycles. The quantitative estimate of drug-likeness (QED) is 0.492. The van der Waals surface area contributed by atoms with Crippen molar-refractivity contribution in [2.45, 2.75) is 31.7 Å². The maximum absolute atomic E-state index is 12.5. The average Bonchev–Trinajstić information content (AvgIpc) is 2.72. The minimum absolute atomic E-state index is 0.0281. The minimum atomic E-state index is -0.712. The molecule has 8 nitrogen and oxygen atoms in total. The van der Waals surface area contributed by atoms with Crippen molar-refractivity contribution in [3.63, 3.8) is 0 Å². The number of hydrogen-bond donors (Lipinski definition) is 4. The molecule has 0 radical (unpaired) electrons. The number of ether oxygens (including phenoxy) is 2.